The van der Waals surface area contributed by atoms with Crippen LogP contribution in [0.25, 0.3) is 0 Å². The van der Waals surface area contributed by atoms with E-state index in [9.17, 15) is 4.79 Å². The molecule has 0 aromatic carbocycles. The highest BCUT2D eigenvalue weighted by Gasteiger charge is 2.13. The summed E-state index contributed by atoms with van der Waals surface area (Å²) in [5.41, 5.74) is 0.160. The molecule has 0 atom stereocenters. The molecule has 0 saturated heterocycles. The second-order valence-corrected chi connectivity index (χ2v) is 4.81. The molecule has 0 aliphatic carbocycles. The molecule has 0 spiro atoms. The molecular formula is C10H4Cl4N4O. The maximum absolute atomic E-state index is 12.0. The Balaban J connectivity index is 2.28. The Morgan fingerprint density at radius 1 is 1.05 bits per heavy atom. The summed E-state index contributed by atoms with van der Waals surface area (Å²) in [5.74, 6) is -0.362. The fourth-order valence-corrected chi connectivity index (χ4v) is 1.98. The number of hydrogen-bond acceptors (Lipinski definition) is 4. The van der Waals surface area contributed by atoms with Crippen molar-refractivity contribution in [3.63, 3.8) is 0 Å². The average molecular weight is 338 g/mol. The first kappa shape index (κ1) is 14.3. The van der Waals surface area contributed by atoms with Gasteiger partial charge in [0.1, 0.15) is 16.1 Å². The van der Waals surface area contributed by atoms with Gasteiger partial charge in [-0.25, -0.2) is 15.0 Å². The molecule has 2 aromatic rings. The number of halogens is 4. The maximum Gasteiger partial charge on any atom is 0.258 e. The summed E-state index contributed by atoms with van der Waals surface area (Å²) in [6, 6.07) is 2.69. The monoisotopic (exact) mass is 336 g/mol. The third-order valence-electron chi connectivity index (χ3n) is 1.98. The lowest BCUT2D eigenvalue weighted by molar-refractivity contribution is 0.102. The van der Waals surface area contributed by atoms with Gasteiger partial charge in [0.15, 0.2) is 0 Å². The fourth-order valence-electron chi connectivity index (χ4n) is 1.22. The quantitative estimate of drug-likeness (QED) is 0.515. The van der Waals surface area contributed by atoms with Gasteiger partial charge in [-0.2, -0.15) is 0 Å². The summed E-state index contributed by atoms with van der Waals surface area (Å²) < 4.78 is 0. The summed E-state index contributed by atoms with van der Waals surface area (Å²) in [6.45, 7) is 0. The number of rotatable bonds is 2. The van der Waals surface area contributed by atoms with E-state index in [4.69, 9.17) is 46.4 Å². The highest BCUT2D eigenvalue weighted by Crippen LogP contribution is 2.20. The molecule has 0 radical (unpaired) electrons. The zero-order valence-electron chi connectivity index (χ0n) is 8.99. The summed E-state index contributed by atoms with van der Waals surface area (Å²) in [7, 11) is 0. The molecule has 2 aromatic heterocycles. The Labute approximate surface area is 127 Å². The van der Waals surface area contributed by atoms with Crippen LogP contribution in [0.5, 0.6) is 0 Å². The van der Waals surface area contributed by atoms with E-state index >= 15 is 0 Å². The zero-order chi connectivity index (χ0) is 14.0. The minimum absolute atomic E-state index is 0.0818. The van der Waals surface area contributed by atoms with Crippen molar-refractivity contribution >= 4 is 58.1 Å². The van der Waals surface area contributed by atoms with E-state index < -0.39 is 5.91 Å². The lowest BCUT2D eigenvalue weighted by Gasteiger charge is -2.06. The third kappa shape index (κ3) is 3.67. The van der Waals surface area contributed by atoms with E-state index in [1.807, 2.05) is 0 Å². The standard InChI is InChI=1S/C10H4Cl4N4O/c11-5-3-15-6(12)1-4(5)9(19)17-8-2-7(13)16-10(14)18-8/h1-3H,(H,16,17,18,19). The molecule has 0 unspecified atom stereocenters. The summed E-state index contributed by atoms with van der Waals surface area (Å²) in [4.78, 5) is 23.2. The van der Waals surface area contributed by atoms with Crippen LogP contribution in [0.1, 0.15) is 10.4 Å². The molecule has 0 fully saturated rings. The van der Waals surface area contributed by atoms with E-state index in [1.165, 1.54) is 18.3 Å². The number of nitrogens with one attached hydrogen (secondary N) is 1. The predicted molar refractivity (Wildman–Crippen MR) is 74.3 cm³/mol. The fraction of sp³-hybridized carbons (Fsp3) is 0. The van der Waals surface area contributed by atoms with Crippen LogP contribution in [-0.2, 0) is 0 Å². The SMILES string of the molecule is O=C(Nc1cc(Cl)nc(Cl)n1)c1cc(Cl)ncc1Cl. The minimum Gasteiger partial charge on any atom is -0.306 e. The van der Waals surface area contributed by atoms with Gasteiger partial charge in [0, 0.05) is 12.3 Å². The molecule has 0 aliphatic rings. The van der Waals surface area contributed by atoms with Gasteiger partial charge in [0.25, 0.3) is 5.91 Å². The predicted octanol–water partition coefficient (Wildman–Crippen LogP) is 3.74. The van der Waals surface area contributed by atoms with Crippen molar-refractivity contribution < 1.29 is 4.79 Å². The van der Waals surface area contributed by atoms with Gasteiger partial charge in [-0.15, -0.1) is 0 Å². The van der Waals surface area contributed by atoms with Crippen LogP contribution in [-0.4, -0.2) is 20.9 Å². The molecule has 1 N–H and O–H groups in total. The topological polar surface area (TPSA) is 67.8 Å². The number of pyridine rings is 1. The van der Waals surface area contributed by atoms with Gasteiger partial charge < -0.3 is 5.32 Å². The molecule has 0 aliphatic heterocycles. The van der Waals surface area contributed by atoms with Gasteiger partial charge in [-0.05, 0) is 17.7 Å². The number of anilines is 1. The Kier molecular flexibility index (Phi) is 4.42. The van der Waals surface area contributed by atoms with E-state index in [0.717, 1.165) is 0 Å². The van der Waals surface area contributed by atoms with E-state index in [0.29, 0.717) is 0 Å². The Morgan fingerprint density at radius 3 is 2.47 bits per heavy atom. The Bertz CT molecular complexity index is 629. The largest absolute Gasteiger partial charge is 0.306 e. The number of amides is 1. The van der Waals surface area contributed by atoms with Crippen molar-refractivity contribution in [2.75, 3.05) is 5.32 Å². The molecule has 5 nitrogen and oxygen atoms in total. The third-order valence-corrected chi connectivity index (χ3v) is 2.85. The van der Waals surface area contributed by atoms with E-state index in [-0.39, 0.29) is 32.0 Å². The number of carbonyl (C=O) groups is 1. The first-order valence-corrected chi connectivity index (χ1v) is 6.29. The van der Waals surface area contributed by atoms with Crippen molar-refractivity contribution in [2.24, 2.45) is 0 Å². The van der Waals surface area contributed by atoms with Crippen LogP contribution >= 0.6 is 46.4 Å². The smallest absolute Gasteiger partial charge is 0.258 e. The number of carbonyl (C=O) groups excluding carboxylic acids is 1. The van der Waals surface area contributed by atoms with E-state index in [2.05, 4.69) is 20.3 Å². The van der Waals surface area contributed by atoms with Gasteiger partial charge in [-0.1, -0.05) is 34.8 Å². The van der Waals surface area contributed by atoms with Crippen molar-refractivity contribution in [1.29, 1.82) is 0 Å². The normalized spacial score (nSPS) is 10.3. The summed E-state index contributed by atoms with van der Waals surface area (Å²) >= 11 is 22.9. The maximum atomic E-state index is 12.0. The van der Waals surface area contributed by atoms with Crippen LogP contribution in [0.2, 0.25) is 20.6 Å². The molecule has 0 saturated carbocycles. The summed E-state index contributed by atoms with van der Waals surface area (Å²) in [5, 5.41) is 2.81. The van der Waals surface area contributed by atoms with Crippen LogP contribution in [0.15, 0.2) is 18.3 Å². The van der Waals surface area contributed by atoms with Crippen LogP contribution in [0.3, 0.4) is 0 Å². The van der Waals surface area contributed by atoms with Crippen molar-refractivity contribution in [2.45, 2.75) is 0 Å². The molecule has 0 bridgehead atoms. The molecule has 9 heteroatoms. The molecule has 19 heavy (non-hydrogen) atoms. The molecular weight excluding hydrogens is 334 g/mol. The average Bonchev–Trinajstić information content (AvgIpc) is 2.30. The molecule has 1 amide bonds. The second-order valence-electron chi connectivity index (χ2n) is 3.29. The number of nitrogens with zero attached hydrogens (tertiary/aromatic N) is 3. The van der Waals surface area contributed by atoms with Gasteiger partial charge in [-0.3, -0.25) is 4.79 Å². The molecule has 2 heterocycles. The molecule has 2 rings (SSSR count). The lowest BCUT2D eigenvalue weighted by atomic mass is 10.2. The van der Waals surface area contributed by atoms with Crippen molar-refractivity contribution in [3.05, 3.63) is 44.5 Å². The zero-order valence-corrected chi connectivity index (χ0v) is 12.0. The number of aromatic nitrogens is 3. The second kappa shape index (κ2) is 5.88. The van der Waals surface area contributed by atoms with E-state index in [1.54, 1.807) is 0 Å². The van der Waals surface area contributed by atoms with Gasteiger partial charge >= 0.3 is 0 Å². The van der Waals surface area contributed by atoms with Gasteiger partial charge in [0.05, 0.1) is 10.6 Å². The lowest BCUT2D eigenvalue weighted by Crippen LogP contribution is -2.14. The molecule has 98 valence electrons. The van der Waals surface area contributed by atoms with Crippen LogP contribution in [0.4, 0.5) is 5.82 Å². The van der Waals surface area contributed by atoms with Crippen molar-refractivity contribution in [1.82, 2.24) is 15.0 Å². The minimum atomic E-state index is -0.514. The van der Waals surface area contributed by atoms with Crippen LogP contribution < -0.4 is 5.32 Å². The van der Waals surface area contributed by atoms with Gasteiger partial charge in [0.2, 0.25) is 5.28 Å². The Morgan fingerprint density at radius 2 is 1.79 bits per heavy atom. The highest BCUT2D eigenvalue weighted by molar-refractivity contribution is 6.35. The van der Waals surface area contributed by atoms with Crippen molar-refractivity contribution in [3.8, 4) is 0 Å². The van der Waals surface area contributed by atoms with Crippen LogP contribution in [0, 0.1) is 0 Å². The Hall–Kier alpha value is -1.14. The first-order chi connectivity index (χ1) is 8.95. The number of hydrogen-bond donors (Lipinski definition) is 1. The highest BCUT2D eigenvalue weighted by atomic mass is 35.5. The first-order valence-electron chi connectivity index (χ1n) is 4.78. The summed E-state index contributed by atoms with van der Waals surface area (Å²) in [6.07, 6.45) is 1.28.